The van der Waals surface area contributed by atoms with Crippen LogP contribution >= 0.6 is 35.3 Å². The van der Waals surface area contributed by atoms with Crippen molar-refractivity contribution in [2.75, 3.05) is 25.5 Å². The molecule has 1 aromatic carbocycles. The van der Waals surface area contributed by atoms with Gasteiger partial charge in [0.05, 0.1) is 18.8 Å². The van der Waals surface area contributed by atoms with Crippen molar-refractivity contribution >= 4 is 46.4 Å². The quantitative estimate of drug-likeness (QED) is 0.408. The molecule has 2 aromatic rings. The van der Waals surface area contributed by atoms with Gasteiger partial charge in [-0.3, -0.25) is 0 Å². The first-order valence-electron chi connectivity index (χ1n) is 7.37. The number of guanidine groups is 1. The van der Waals surface area contributed by atoms with Crippen molar-refractivity contribution in [3.05, 3.63) is 47.0 Å². The molecule has 7 heteroatoms. The SMILES string of the molecule is CCNC(=NCc1ccccc1)NCc1csc(N(C)C)n1.I. The zero-order valence-corrected chi connectivity index (χ0v) is 16.9. The monoisotopic (exact) mass is 445 g/mol. The molecule has 0 saturated carbocycles. The van der Waals surface area contributed by atoms with Crippen LogP contribution in [0.1, 0.15) is 18.2 Å². The van der Waals surface area contributed by atoms with Crippen molar-refractivity contribution in [1.82, 2.24) is 15.6 Å². The summed E-state index contributed by atoms with van der Waals surface area (Å²) in [7, 11) is 4.00. The topological polar surface area (TPSA) is 52.6 Å². The Morgan fingerprint density at radius 1 is 1.22 bits per heavy atom. The number of aromatic nitrogens is 1. The molecule has 0 bridgehead atoms. The van der Waals surface area contributed by atoms with E-state index in [-0.39, 0.29) is 24.0 Å². The molecule has 0 amide bonds. The van der Waals surface area contributed by atoms with E-state index in [1.54, 1.807) is 11.3 Å². The van der Waals surface area contributed by atoms with Crippen molar-refractivity contribution in [2.45, 2.75) is 20.0 Å². The molecule has 0 unspecified atom stereocenters. The van der Waals surface area contributed by atoms with E-state index in [9.17, 15) is 0 Å². The summed E-state index contributed by atoms with van der Waals surface area (Å²) in [4.78, 5) is 11.2. The molecule has 0 aliphatic rings. The smallest absolute Gasteiger partial charge is 0.191 e. The lowest BCUT2D eigenvalue weighted by molar-refractivity contribution is 0.803. The van der Waals surface area contributed by atoms with Gasteiger partial charge in [-0.2, -0.15) is 0 Å². The van der Waals surface area contributed by atoms with Crippen LogP contribution in [0.3, 0.4) is 0 Å². The largest absolute Gasteiger partial charge is 0.357 e. The summed E-state index contributed by atoms with van der Waals surface area (Å²) < 4.78 is 0. The van der Waals surface area contributed by atoms with Crippen LogP contribution in [0.5, 0.6) is 0 Å². The van der Waals surface area contributed by atoms with Crippen LogP contribution in [0.4, 0.5) is 5.13 Å². The van der Waals surface area contributed by atoms with E-state index in [0.717, 1.165) is 23.3 Å². The van der Waals surface area contributed by atoms with Gasteiger partial charge >= 0.3 is 0 Å². The highest BCUT2D eigenvalue weighted by Gasteiger charge is 2.04. The number of anilines is 1. The van der Waals surface area contributed by atoms with Gasteiger partial charge in [-0.25, -0.2) is 9.98 Å². The van der Waals surface area contributed by atoms with E-state index in [1.165, 1.54) is 5.56 Å². The summed E-state index contributed by atoms with van der Waals surface area (Å²) in [5.74, 6) is 0.811. The van der Waals surface area contributed by atoms with E-state index in [2.05, 4.69) is 45.0 Å². The Morgan fingerprint density at radius 2 is 1.96 bits per heavy atom. The zero-order chi connectivity index (χ0) is 15.8. The summed E-state index contributed by atoms with van der Waals surface area (Å²) in [6, 6.07) is 10.2. The number of thiazole rings is 1. The number of halogens is 1. The molecule has 126 valence electrons. The third-order valence-corrected chi connectivity index (χ3v) is 4.02. The van der Waals surface area contributed by atoms with E-state index in [1.807, 2.05) is 37.2 Å². The van der Waals surface area contributed by atoms with Crippen LogP contribution in [0.2, 0.25) is 0 Å². The van der Waals surface area contributed by atoms with E-state index in [4.69, 9.17) is 0 Å². The first-order chi connectivity index (χ1) is 10.7. The van der Waals surface area contributed by atoms with Gasteiger partial charge < -0.3 is 15.5 Å². The maximum atomic E-state index is 4.60. The molecule has 1 aromatic heterocycles. The van der Waals surface area contributed by atoms with E-state index in [0.29, 0.717) is 13.1 Å². The Morgan fingerprint density at radius 3 is 2.57 bits per heavy atom. The molecule has 2 N–H and O–H groups in total. The zero-order valence-electron chi connectivity index (χ0n) is 13.7. The van der Waals surface area contributed by atoms with Crippen molar-refractivity contribution in [3.8, 4) is 0 Å². The molecule has 1 heterocycles. The molecule has 0 radical (unpaired) electrons. The van der Waals surface area contributed by atoms with Crippen LogP contribution in [0.25, 0.3) is 0 Å². The molecular weight excluding hydrogens is 421 g/mol. The maximum Gasteiger partial charge on any atom is 0.191 e. The number of rotatable bonds is 6. The second-order valence-corrected chi connectivity index (χ2v) is 5.89. The first-order valence-corrected chi connectivity index (χ1v) is 8.25. The summed E-state index contributed by atoms with van der Waals surface area (Å²) >= 11 is 1.65. The predicted octanol–water partition coefficient (Wildman–Crippen LogP) is 3.08. The molecule has 0 atom stereocenters. The fourth-order valence-electron chi connectivity index (χ4n) is 1.85. The van der Waals surface area contributed by atoms with Gasteiger partial charge in [-0.15, -0.1) is 35.3 Å². The van der Waals surface area contributed by atoms with Crippen molar-refractivity contribution in [3.63, 3.8) is 0 Å². The number of nitrogens with one attached hydrogen (secondary N) is 2. The number of hydrogen-bond donors (Lipinski definition) is 2. The van der Waals surface area contributed by atoms with E-state index < -0.39 is 0 Å². The second-order valence-electron chi connectivity index (χ2n) is 5.05. The summed E-state index contributed by atoms with van der Waals surface area (Å²) in [6.45, 7) is 4.23. The minimum Gasteiger partial charge on any atom is -0.357 e. The molecule has 2 rings (SSSR count). The maximum absolute atomic E-state index is 4.60. The fourth-order valence-corrected chi connectivity index (χ4v) is 2.61. The van der Waals surface area contributed by atoms with Crippen molar-refractivity contribution in [1.29, 1.82) is 0 Å². The van der Waals surface area contributed by atoms with Crippen molar-refractivity contribution in [2.24, 2.45) is 4.99 Å². The lowest BCUT2D eigenvalue weighted by atomic mass is 10.2. The summed E-state index contributed by atoms with van der Waals surface area (Å²) in [5.41, 5.74) is 2.22. The van der Waals surface area contributed by atoms with Crippen LogP contribution in [-0.2, 0) is 13.1 Å². The van der Waals surface area contributed by atoms with Gasteiger partial charge in [0.2, 0.25) is 0 Å². The number of benzene rings is 1. The van der Waals surface area contributed by atoms with Crippen molar-refractivity contribution < 1.29 is 0 Å². The summed E-state index contributed by atoms with van der Waals surface area (Å²) in [5, 5.41) is 9.67. The van der Waals surface area contributed by atoms with Gasteiger partial charge in [0, 0.05) is 26.0 Å². The highest BCUT2D eigenvalue weighted by Crippen LogP contribution is 2.17. The molecular formula is C16H24IN5S. The highest BCUT2D eigenvalue weighted by molar-refractivity contribution is 14.0. The lowest BCUT2D eigenvalue weighted by Crippen LogP contribution is -2.36. The third-order valence-electron chi connectivity index (χ3n) is 2.97. The van der Waals surface area contributed by atoms with Crippen LogP contribution in [-0.4, -0.2) is 31.6 Å². The Hall–Kier alpha value is -1.35. The number of nitrogens with zero attached hydrogens (tertiary/aromatic N) is 3. The lowest BCUT2D eigenvalue weighted by Gasteiger charge is -2.10. The highest BCUT2D eigenvalue weighted by atomic mass is 127. The number of hydrogen-bond acceptors (Lipinski definition) is 4. The minimum absolute atomic E-state index is 0. The van der Waals surface area contributed by atoms with Gasteiger partial charge in [0.25, 0.3) is 0 Å². The second kappa shape index (κ2) is 10.4. The average molecular weight is 445 g/mol. The first kappa shape index (κ1) is 19.7. The van der Waals surface area contributed by atoms with Gasteiger partial charge in [0.1, 0.15) is 0 Å². The fraction of sp³-hybridized carbons (Fsp3) is 0.375. The van der Waals surface area contributed by atoms with Crippen LogP contribution < -0.4 is 15.5 Å². The van der Waals surface area contributed by atoms with Gasteiger partial charge in [-0.1, -0.05) is 30.3 Å². The molecule has 0 aliphatic heterocycles. The molecule has 0 fully saturated rings. The van der Waals surface area contributed by atoms with Crippen LogP contribution in [0, 0.1) is 0 Å². The molecule has 23 heavy (non-hydrogen) atoms. The van der Waals surface area contributed by atoms with Crippen LogP contribution in [0.15, 0.2) is 40.7 Å². The average Bonchev–Trinajstić information content (AvgIpc) is 3.00. The van der Waals surface area contributed by atoms with E-state index >= 15 is 0 Å². The third kappa shape index (κ3) is 6.74. The Bertz CT molecular complexity index is 598. The van der Waals surface area contributed by atoms with Gasteiger partial charge in [0.15, 0.2) is 11.1 Å². The Labute approximate surface area is 159 Å². The Kier molecular flexibility index (Phi) is 8.93. The molecule has 5 nitrogen and oxygen atoms in total. The predicted molar refractivity (Wildman–Crippen MR) is 110 cm³/mol. The number of aliphatic imine (C=N–C) groups is 1. The standard InChI is InChI=1S/C16H23N5S.HI/c1-4-17-15(18-10-13-8-6-5-7-9-13)19-11-14-12-22-16(20-14)21(2)3;/h5-9,12H,4,10-11H2,1-3H3,(H2,17,18,19);1H. The van der Waals surface area contributed by atoms with Gasteiger partial charge in [-0.05, 0) is 12.5 Å². The normalized spacial score (nSPS) is 10.8. The summed E-state index contributed by atoms with van der Waals surface area (Å²) in [6.07, 6.45) is 0. The molecule has 0 spiro atoms. The molecule has 0 saturated heterocycles. The minimum atomic E-state index is 0. The Balaban J connectivity index is 0.00000264. The molecule has 0 aliphatic carbocycles.